The fourth-order valence-electron chi connectivity index (χ4n) is 11.1. The van der Waals surface area contributed by atoms with Crippen molar-refractivity contribution in [2.75, 3.05) is 13.2 Å². The van der Waals surface area contributed by atoms with Crippen LogP contribution >= 0.6 is 0 Å². The summed E-state index contributed by atoms with van der Waals surface area (Å²) in [6, 6.07) is -0.543. The Balaban J connectivity index is 3.38. The second kappa shape index (κ2) is 66.8. The van der Waals surface area contributed by atoms with Crippen molar-refractivity contribution in [1.82, 2.24) is 5.32 Å². The van der Waals surface area contributed by atoms with Crippen LogP contribution in [0.25, 0.3) is 0 Å². The highest BCUT2D eigenvalue weighted by Gasteiger charge is 2.20. The average Bonchev–Trinajstić information content (AvgIpc) is 3.43. The molecule has 456 valence electrons. The third kappa shape index (κ3) is 63.4. The summed E-state index contributed by atoms with van der Waals surface area (Å²) < 4.78 is 5.51. The van der Waals surface area contributed by atoms with Gasteiger partial charge in [0.2, 0.25) is 5.91 Å². The molecule has 0 bridgehead atoms. The van der Waals surface area contributed by atoms with Crippen LogP contribution < -0.4 is 5.32 Å². The van der Waals surface area contributed by atoms with Gasteiger partial charge in [-0.05, 0) is 57.8 Å². The van der Waals surface area contributed by atoms with Gasteiger partial charge in [-0.15, -0.1) is 0 Å². The lowest BCUT2D eigenvalue weighted by molar-refractivity contribution is -0.143. The van der Waals surface area contributed by atoms with Crippen molar-refractivity contribution < 1.29 is 24.5 Å². The minimum Gasteiger partial charge on any atom is -0.466 e. The standard InChI is InChI=1S/C71H137NO5/c1-3-5-7-9-11-13-15-17-19-20-30-34-37-41-45-49-53-57-61-65-71(76)77-66-62-58-54-50-46-42-38-35-32-29-27-25-23-21-22-24-26-28-31-33-36-40-44-48-52-56-60-64-70(75)72-68(67-73)69(74)63-59-55-51-47-43-39-18-16-14-12-10-8-6-4-2/h21-22,25,27,68-69,73-74H,3-20,23-24,26,28-67H2,1-2H3,(H,72,75)/b22-21-,27-25-. The van der Waals surface area contributed by atoms with Crippen LogP contribution in [-0.2, 0) is 14.3 Å². The molecule has 0 aliphatic heterocycles. The topological polar surface area (TPSA) is 95.9 Å². The first kappa shape index (κ1) is 75.3. The molecule has 0 spiro atoms. The molecule has 77 heavy (non-hydrogen) atoms. The lowest BCUT2D eigenvalue weighted by Gasteiger charge is -2.22. The van der Waals surface area contributed by atoms with Gasteiger partial charge in [-0.3, -0.25) is 9.59 Å². The second-order valence-corrected chi connectivity index (χ2v) is 24.2. The van der Waals surface area contributed by atoms with Crippen molar-refractivity contribution in [3.05, 3.63) is 24.3 Å². The normalized spacial score (nSPS) is 12.6. The summed E-state index contributed by atoms with van der Waals surface area (Å²) in [5, 5.41) is 23.3. The first-order valence-corrected chi connectivity index (χ1v) is 35.1. The van der Waals surface area contributed by atoms with E-state index in [4.69, 9.17) is 4.74 Å². The number of aliphatic hydroxyl groups is 2. The van der Waals surface area contributed by atoms with E-state index in [1.54, 1.807) is 0 Å². The Morgan fingerprint density at radius 2 is 0.649 bits per heavy atom. The van der Waals surface area contributed by atoms with E-state index in [9.17, 15) is 19.8 Å². The Morgan fingerprint density at radius 3 is 0.987 bits per heavy atom. The molecule has 0 saturated heterocycles. The van der Waals surface area contributed by atoms with Gasteiger partial charge in [-0.2, -0.15) is 0 Å². The first-order chi connectivity index (χ1) is 38.0. The van der Waals surface area contributed by atoms with Gasteiger partial charge in [-0.1, -0.05) is 346 Å². The highest BCUT2D eigenvalue weighted by molar-refractivity contribution is 5.76. The summed E-state index contributed by atoms with van der Waals surface area (Å²) >= 11 is 0. The van der Waals surface area contributed by atoms with E-state index in [0.717, 1.165) is 44.9 Å². The van der Waals surface area contributed by atoms with Gasteiger partial charge in [0.1, 0.15) is 0 Å². The van der Waals surface area contributed by atoms with Crippen LogP contribution in [0.4, 0.5) is 0 Å². The largest absolute Gasteiger partial charge is 0.466 e. The summed E-state index contributed by atoms with van der Waals surface area (Å²) in [4.78, 5) is 24.6. The molecule has 0 saturated carbocycles. The molecular formula is C71H137NO5. The van der Waals surface area contributed by atoms with Gasteiger partial charge in [-0.25, -0.2) is 0 Å². The molecule has 0 aromatic carbocycles. The molecule has 1 amide bonds. The highest BCUT2D eigenvalue weighted by Crippen LogP contribution is 2.19. The molecule has 0 fully saturated rings. The molecule has 0 aromatic rings. The lowest BCUT2D eigenvalue weighted by atomic mass is 10.0. The summed E-state index contributed by atoms with van der Waals surface area (Å²) in [7, 11) is 0. The number of amides is 1. The van der Waals surface area contributed by atoms with Crippen molar-refractivity contribution in [3.8, 4) is 0 Å². The zero-order valence-electron chi connectivity index (χ0n) is 52.2. The minimum atomic E-state index is -0.666. The number of rotatable bonds is 66. The van der Waals surface area contributed by atoms with Crippen molar-refractivity contribution in [3.63, 3.8) is 0 Å². The molecule has 0 heterocycles. The third-order valence-electron chi connectivity index (χ3n) is 16.5. The summed E-state index contributed by atoms with van der Waals surface area (Å²) in [5.41, 5.74) is 0. The van der Waals surface area contributed by atoms with Crippen LogP contribution in [0.1, 0.15) is 393 Å². The Kier molecular flexibility index (Phi) is 65.4. The van der Waals surface area contributed by atoms with E-state index >= 15 is 0 Å². The molecule has 6 nitrogen and oxygen atoms in total. The molecule has 0 rings (SSSR count). The van der Waals surface area contributed by atoms with Gasteiger partial charge >= 0.3 is 5.97 Å². The van der Waals surface area contributed by atoms with Gasteiger partial charge in [0, 0.05) is 12.8 Å². The molecular weight excluding hydrogens is 947 g/mol. The van der Waals surface area contributed by atoms with Crippen molar-refractivity contribution in [2.45, 2.75) is 405 Å². The second-order valence-electron chi connectivity index (χ2n) is 24.2. The predicted octanol–water partition coefficient (Wildman–Crippen LogP) is 22.5. The van der Waals surface area contributed by atoms with E-state index in [1.165, 1.54) is 315 Å². The fraction of sp³-hybridized carbons (Fsp3) is 0.915. The summed E-state index contributed by atoms with van der Waals surface area (Å²) in [6.45, 7) is 4.98. The number of aliphatic hydroxyl groups excluding tert-OH is 2. The molecule has 0 radical (unpaired) electrons. The number of allylic oxidation sites excluding steroid dienone is 4. The molecule has 0 aromatic heterocycles. The van der Waals surface area contributed by atoms with Gasteiger partial charge in [0.25, 0.3) is 0 Å². The van der Waals surface area contributed by atoms with Crippen LogP contribution in [0.2, 0.25) is 0 Å². The predicted molar refractivity (Wildman–Crippen MR) is 338 cm³/mol. The number of hydrogen-bond donors (Lipinski definition) is 3. The van der Waals surface area contributed by atoms with E-state index < -0.39 is 12.1 Å². The maximum atomic E-state index is 12.5. The molecule has 2 atom stereocenters. The number of carbonyl (C=O) groups excluding carboxylic acids is 2. The zero-order valence-corrected chi connectivity index (χ0v) is 52.2. The monoisotopic (exact) mass is 1080 g/mol. The van der Waals surface area contributed by atoms with Crippen molar-refractivity contribution in [1.29, 1.82) is 0 Å². The summed E-state index contributed by atoms with van der Waals surface area (Å²) in [6.07, 6.45) is 83.7. The minimum absolute atomic E-state index is 0.0161. The molecule has 0 aliphatic rings. The van der Waals surface area contributed by atoms with Crippen LogP contribution in [0, 0.1) is 0 Å². The number of hydrogen-bond acceptors (Lipinski definition) is 5. The van der Waals surface area contributed by atoms with Crippen LogP contribution in [-0.4, -0.2) is 47.4 Å². The van der Waals surface area contributed by atoms with Crippen LogP contribution in [0.5, 0.6) is 0 Å². The van der Waals surface area contributed by atoms with Crippen LogP contribution in [0.3, 0.4) is 0 Å². The van der Waals surface area contributed by atoms with Gasteiger partial charge < -0.3 is 20.3 Å². The Hall–Kier alpha value is -1.66. The number of esters is 1. The fourth-order valence-corrected chi connectivity index (χ4v) is 11.1. The van der Waals surface area contributed by atoms with E-state index in [0.29, 0.717) is 25.9 Å². The Labute approximate surface area is 481 Å². The van der Waals surface area contributed by atoms with E-state index in [1.807, 2.05) is 0 Å². The first-order valence-electron chi connectivity index (χ1n) is 35.1. The highest BCUT2D eigenvalue weighted by atomic mass is 16.5. The van der Waals surface area contributed by atoms with E-state index in [-0.39, 0.29) is 18.5 Å². The van der Waals surface area contributed by atoms with Crippen LogP contribution in [0.15, 0.2) is 24.3 Å². The Morgan fingerprint density at radius 1 is 0.364 bits per heavy atom. The SMILES string of the molecule is CCCCCCCCCCCCCCCCCCCCCC(=O)OCCCCCCCCCCC/C=C\C/C=C\CCCCCCCCCCCCCC(=O)NC(CO)C(O)CCCCCCCCCCCCCCCC. The molecule has 6 heteroatoms. The third-order valence-corrected chi connectivity index (χ3v) is 16.5. The number of ether oxygens (including phenoxy) is 1. The quantitative estimate of drug-likeness (QED) is 0.0320. The van der Waals surface area contributed by atoms with E-state index in [2.05, 4.69) is 43.5 Å². The Bertz CT molecular complexity index is 1200. The number of carbonyl (C=O) groups is 2. The molecule has 0 aliphatic carbocycles. The zero-order chi connectivity index (χ0) is 55.7. The molecule has 3 N–H and O–H groups in total. The van der Waals surface area contributed by atoms with Gasteiger partial charge in [0.05, 0.1) is 25.4 Å². The maximum Gasteiger partial charge on any atom is 0.305 e. The molecule has 2 unspecified atom stereocenters. The van der Waals surface area contributed by atoms with Crippen molar-refractivity contribution in [2.24, 2.45) is 0 Å². The summed E-state index contributed by atoms with van der Waals surface area (Å²) in [5.74, 6) is -0.0198. The average molecular weight is 1080 g/mol. The smallest absolute Gasteiger partial charge is 0.305 e. The lowest BCUT2D eigenvalue weighted by Crippen LogP contribution is -2.45. The number of unbranched alkanes of at least 4 members (excludes halogenated alkanes) is 51. The van der Waals surface area contributed by atoms with Gasteiger partial charge in [0.15, 0.2) is 0 Å². The van der Waals surface area contributed by atoms with Crippen molar-refractivity contribution >= 4 is 11.9 Å². The maximum absolute atomic E-state index is 12.5. The number of nitrogens with one attached hydrogen (secondary N) is 1.